The van der Waals surface area contributed by atoms with Crippen molar-refractivity contribution in [3.63, 3.8) is 0 Å². The van der Waals surface area contributed by atoms with E-state index in [-0.39, 0.29) is 12.1 Å². The number of aliphatic hydroxyl groups is 1. The Balaban J connectivity index is 2.28. The van der Waals surface area contributed by atoms with Crippen LogP contribution in [-0.2, 0) is 13.0 Å². The van der Waals surface area contributed by atoms with Crippen LogP contribution in [0, 0.1) is 25.5 Å². The molecule has 1 aromatic carbocycles. The van der Waals surface area contributed by atoms with E-state index in [1.807, 2.05) is 20.8 Å². The van der Waals surface area contributed by atoms with Gasteiger partial charge in [-0.2, -0.15) is 5.10 Å². The lowest BCUT2D eigenvalue weighted by Crippen LogP contribution is -2.13. The van der Waals surface area contributed by atoms with Crippen LogP contribution in [0.2, 0.25) is 0 Å². The number of halogens is 2. The quantitative estimate of drug-likeness (QED) is 0.934. The summed E-state index contributed by atoms with van der Waals surface area (Å²) in [5.74, 6) is -1.96. The van der Waals surface area contributed by atoms with E-state index in [0.717, 1.165) is 29.4 Å². The second-order valence-electron chi connectivity index (χ2n) is 4.84. The van der Waals surface area contributed by atoms with Crippen LogP contribution in [0.25, 0.3) is 0 Å². The monoisotopic (exact) mass is 280 g/mol. The predicted octanol–water partition coefficient (Wildman–Crippen LogP) is 3.07. The van der Waals surface area contributed by atoms with E-state index in [2.05, 4.69) is 5.10 Å². The minimum atomic E-state index is -1.13. The van der Waals surface area contributed by atoms with E-state index in [4.69, 9.17) is 0 Å². The minimum Gasteiger partial charge on any atom is -0.386 e. The van der Waals surface area contributed by atoms with E-state index in [9.17, 15) is 13.9 Å². The molecule has 1 aromatic heterocycles. The van der Waals surface area contributed by atoms with Crippen LogP contribution in [0.15, 0.2) is 18.2 Å². The predicted molar refractivity (Wildman–Crippen MR) is 72.4 cm³/mol. The van der Waals surface area contributed by atoms with Gasteiger partial charge in [0, 0.05) is 11.3 Å². The Morgan fingerprint density at radius 3 is 2.60 bits per heavy atom. The van der Waals surface area contributed by atoms with E-state index in [1.54, 1.807) is 4.68 Å². The molecule has 0 saturated carbocycles. The zero-order valence-corrected chi connectivity index (χ0v) is 11.8. The molecule has 0 fully saturated rings. The summed E-state index contributed by atoms with van der Waals surface area (Å²) >= 11 is 0. The lowest BCUT2D eigenvalue weighted by molar-refractivity contribution is 0.145. The maximum absolute atomic E-state index is 13.6. The molecule has 0 bridgehead atoms. The van der Waals surface area contributed by atoms with E-state index >= 15 is 0 Å². The third kappa shape index (κ3) is 2.58. The van der Waals surface area contributed by atoms with Gasteiger partial charge in [-0.25, -0.2) is 8.78 Å². The van der Waals surface area contributed by atoms with Gasteiger partial charge in [-0.3, -0.25) is 4.68 Å². The summed E-state index contributed by atoms with van der Waals surface area (Å²) in [5, 5.41) is 14.4. The summed E-state index contributed by atoms with van der Waals surface area (Å²) in [6.07, 6.45) is -0.282. The number of aliphatic hydroxyl groups excluding tert-OH is 1. The van der Waals surface area contributed by atoms with E-state index in [0.29, 0.717) is 0 Å². The molecule has 0 spiro atoms. The Labute approximate surface area is 116 Å². The average molecular weight is 280 g/mol. The molecule has 1 N–H and O–H groups in total. The first kappa shape index (κ1) is 14.7. The first-order chi connectivity index (χ1) is 9.45. The van der Waals surface area contributed by atoms with Gasteiger partial charge in [0.25, 0.3) is 0 Å². The van der Waals surface area contributed by atoms with Gasteiger partial charge in [0.2, 0.25) is 0 Å². The SMILES string of the molecule is CCc1c(C)nn(CC(O)c2cccc(F)c2F)c1C. The second kappa shape index (κ2) is 5.71. The molecule has 3 nitrogen and oxygen atoms in total. The van der Waals surface area contributed by atoms with Crippen molar-refractivity contribution in [2.45, 2.75) is 39.8 Å². The highest BCUT2D eigenvalue weighted by Gasteiger charge is 2.18. The van der Waals surface area contributed by atoms with Gasteiger partial charge in [-0.1, -0.05) is 19.1 Å². The first-order valence-electron chi connectivity index (χ1n) is 6.60. The molecule has 5 heteroatoms. The molecule has 108 valence electrons. The van der Waals surface area contributed by atoms with Gasteiger partial charge < -0.3 is 5.11 Å². The summed E-state index contributed by atoms with van der Waals surface area (Å²) in [6, 6.07) is 3.80. The molecule has 0 aliphatic heterocycles. The second-order valence-corrected chi connectivity index (χ2v) is 4.84. The smallest absolute Gasteiger partial charge is 0.164 e. The van der Waals surface area contributed by atoms with E-state index < -0.39 is 17.7 Å². The molecule has 2 rings (SSSR count). The number of rotatable bonds is 4. The third-order valence-corrected chi connectivity index (χ3v) is 3.57. The fraction of sp³-hybridized carbons (Fsp3) is 0.400. The lowest BCUT2D eigenvalue weighted by Gasteiger charge is -2.13. The molecule has 1 atom stereocenters. The molecular weight excluding hydrogens is 262 g/mol. The van der Waals surface area contributed by atoms with Crippen molar-refractivity contribution in [2.75, 3.05) is 0 Å². The van der Waals surface area contributed by atoms with Crippen molar-refractivity contribution in [3.05, 3.63) is 52.3 Å². The minimum absolute atomic E-state index is 0.0457. The first-order valence-corrected chi connectivity index (χ1v) is 6.60. The number of aryl methyl sites for hydroxylation is 1. The van der Waals surface area contributed by atoms with E-state index in [1.165, 1.54) is 12.1 Å². The van der Waals surface area contributed by atoms with Gasteiger partial charge in [-0.05, 0) is 31.9 Å². The van der Waals surface area contributed by atoms with Gasteiger partial charge in [0.1, 0.15) is 6.10 Å². The van der Waals surface area contributed by atoms with Crippen molar-refractivity contribution in [2.24, 2.45) is 0 Å². The lowest BCUT2D eigenvalue weighted by atomic mass is 10.1. The highest BCUT2D eigenvalue weighted by atomic mass is 19.2. The fourth-order valence-corrected chi connectivity index (χ4v) is 2.46. The number of nitrogens with zero attached hydrogens (tertiary/aromatic N) is 2. The zero-order valence-electron chi connectivity index (χ0n) is 11.8. The largest absolute Gasteiger partial charge is 0.386 e. The molecule has 0 saturated heterocycles. The van der Waals surface area contributed by atoms with Gasteiger partial charge >= 0.3 is 0 Å². The summed E-state index contributed by atoms with van der Waals surface area (Å²) in [5.41, 5.74) is 2.92. The summed E-state index contributed by atoms with van der Waals surface area (Å²) in [7, 11) is 0. The van der Waals surface area contributed by atoms with Crippen LogP contribution in [0.5, 0.6) is 0 Å². The number of aromatic nitrogens is 2. The average Bonchev–Trinajstić information content (AvgIpc) is 2.67. The normalized spacial score (nSPS) is 12.7. The standard InChI is InChI=1S/C15H18F2N2O/c1-4-11-9(2)18-19(10(11)3)8-14(20)12-6-5-7-13(16)15(12)17/h5-7,14,20H,4,8H2,1-3H3. The van der Waals surface area contributed by atoms with Crippen molar-refractivity contribution >= 4 is 0 Å². The Kier molecular flexibility index (Phi) is 4.18. The summed E-state index contributed by atoms with van der Waals surface area (Å²) < 4.78 is 28.5. The molecule has 0 aliphatic carbocycles. The molecule has 2 aromatic rings. The van der Waals surface area contributed by atoms with Crippen LogP contribution < -0.4 is 0 Å². The summed E-state index contributed by atoms with van der Waals surface area (Å²) in [6.45, 7) is 5.95. The van der Waals surface area contributed by atoms with Gasteiger partial charge in [0.05, 0.1) is 12.2 Å². The van der Waals surface area contributed by atoms with Gasteiger partial charge in [0.15, 0.2) is 11.6 Å². The Hall–Kier alpha value is -1.75. The van der Waals surface area contributed by atoms with Crippen molar-refractivity contribution in [1.82, 2.24) is 9.78 Å². The number of benzene rings is 1. The van der Waals surface area contributed by atoms with Crippen LogP contribution >= 0.6 is 0 Å². The molecule has 0 radical (unpaired) electrons. The fourth-order valence-electron chi connectivity index (χ4n) is 2.46. The summed E-state index contributed by atoms with van der Waals surface area (Å²) in [4.78, 5) is 0. The van der Waals surface area contributed by atoms with Crippen molar-refractivity contribution in [3.8, 4) is 0 Å². The van der Waals surface area contributed by atoms with Crippen LogP contribution in [-0.4, -0.2) is 14.9 Å². The number of hydrogen-bond acceptors (Lipinski definition) is 2. The molecular formula is C15H18F2N2O. The molecule has 0 amide bonds. The molecule has 1 unspecified atom stereocenters. The van der Waals surface area contributed by atoms with Crippen molar-refractivity contribution < 1.29 is 13.9 Å². The van der Waals surface area contributed by atoms with Crippen LogP contribution in [0.4, 0.5) is 8.78 Å². The molecule has 20 heavy (non-hydrogen) atoms. The van der Waals surface area contributed by atoms with Crippen molar-refractivity contribution in [1.29, 1.82) is 0 Å². The maximum atomic E-state index is 13.6. The highest BCUT2D eigenvalue weighted by Crippen LogP contribution is 2.22. The van der Waals surface area contributed by atoms with Crippen LogP contribution in [0.1, 0.15) is 35.5 Å². The van der Waals surface area contributed by atoms with Gasteiger partial charge in [-0.15, -0.1) is 0 Å². The highest BCUT2D eigenvalue weighted by molar-refractivity contribution is 5.25. The Morgan fingerprint density at radius 2 is 2.00 bits per heavy atom. The Morgan fingerprint density at radius 1 is 1.30 bits per heavy atom. The van der Waals surface area contributed by atoms with Crippen LogP contribution in [0.3, 0.4) is 0 Å². The molecule has 1 heterocycles. The Bertz CT molecular complexity index is 623. The third-order valence-electron chi connectivity index (χ3n) is 3.57. The number of hydrogen-bond donors (Lipinski definition) is 1. The molecule has 0 aliphatic rings. The maximum Gasteiger partial charge on any atom is 0.164 e. The topological polar surface area (TPSA) is 38.0 Å². The zero-order chi connectivity index (χ0) is 14.9.